The Morgan fingerprint density at radius 1 is 1.50 bits per heavy atom. The van der Waals surface area contributed by atoms with Gasteiger partial charge in [0.05, 0.1) is 24.6 Å². The van der Waals surface area contributed by atoms with Crippen LogP contribution in [0.4, 0.5) is 0 Å². The van der Waals surface area contributed by atoms with E-state index in [0.717, 1.165) is 11.1 Å². The zero-order valence-corrected chi connectivity index (χ0v) is 8.20. The van der Waals surface area contributed by atoms with E-state index in [1.165, 1.54) is 0 Å². The average Bonchev–Trinajstić information content (AvgIpc) is 2.19. The standard InChI is InChI=1S/C11H14N2O/c1-11(13,8-14)10-5-3-2-4-9(10)6-7-12/h2-5,14H,6,8,13H2,1H3/t11-/m1/s1. The van der Waals surface area contributed by atoms with Crippen LogP contribution in [0, 0.1) is 11.3 Å². The molecule has 3 nitrogen and oxygen atoms in total. The van der Waals surface area contributed by atoms with Gasteiger partial charge in [0.15, 0.2) is 0 Å². The highest BCUT2D eigenvalue weighted by molar-refractivity contribution is 5.34. The van der Waals surface area contributed by atoms with Gasteiger partial charge in [0.1, 0.15) is 0 Å². The van der Waals surface area contributed by atoms with E-state index >= 15 is 0 Å². The molecule has 1 aromatic rings. The van der Waals surface area contributed by atoms with E-state index in [2.05, 4.69) is 6.07 Å². The Kier molecular flexibility index (Phi) is 3.23. The van der Waals surface area contributed by atoms with Crippen molar-refractivity contribution >= 4 is 0 Å². The highest BCUT2D eigenvalue weighted by Gasteiger charge is 2.22. The SMILES string of the molecule is C[C@@](N)(CO)c1ccccc1CC#N. The van der Waals surface area contributed by atoms with Crippen LogP contribution in [0.15, 0.2) is 24.3 Å². The topological polar surface area (TPSA) is 70.0 Å². The first-order valence-electron chi connectivity index (χ1n) is 4.47. The molecule has 1 atom stereocenters. The van der Waals surface area contributed by atoms with Crippen molar-refractivity contribution in [2.75, 3.05) is 6.61 Å². The zero-order chi connectivity index (χ0) is 10.6. The molecule has 0 radical (unpaired) electrons. The Bertz CT molecular complexity index is 353. The van der Waals surface area contributed by atoms with Crippen LogP contribution in [0.25, 0.3) is 0 Å². The molecule has 0 unspecified atom stereocenters. The van der Waals surface area contributed by atoms with Crippen molar-refractivity contribution in [2.24, 2.45) is 5.73 Å². The number of rotatable bonds is 3. The monoisotopic (exact) mass is 190 g/mol. The van der Waals surface area contributed by atoms with Gasteiger partial charge in [0.25, 0.3) is 0 Å². The number of benzene rings is 1. The molecule has 0 amide bonds. The van der Waals surface area contributed by atoms with Gasteiger partial charge in [-0.2, -0.15) is 5.26 Å². The van der Waals surface area contributed by atoms with Crippen molar-refractivity contribution in [1.29, 1.82) is 5.26 Å². The summed E-state index contributed by atoms with van der Waals surface area (Å²) in [5.74, 6) is 0. The second-order valence-corrected chi connectivity index (χ2v) is 3.57. The number of aliphatic hydroxyl groups is 1. The minimum Gasteiger partial charge on any atom is -0.394 e. The van der Waals surface area contributed by atoms with Crippen LogP contribution >= 0.6 is 0 Å². The van der Waals surface area contributed by atoms with Crippen LogP contribution in [0.3, 0.4) is 0 Å². The predicted octanol–water partition coefficient (Wildman–Crippen LogP) is 0.919. The van der Waals surface area contributed by atoms with Gasteiger partial charge < -0.3 is 10.8 Å². The Balaban J connectivity index is 3.14. The second kappa shape index (κ2) is 4.23. The molecule has 1 rings (SSSR count). The number of hydrogen-bond donors (Lipinski definition) is 2. The highest BCUT2D eigenvalue weighted by Crippen LogP contribution is 2.21. The molecule has 0 aliphatic carbocycles. The van der Waals surface area contributed by atoms with E-state index < -0.39 is 5.54 Å². The lowest BCUT2D eigenvalue weighted by Crippen LogP contribution is -2.37. The van der Waals surface area contributed by atoms with Crippen LogP contribution in [0.1, 0.15) is 18.1 Å². The summed E-state index contributed by atoms with van der Waals surface area (Å²) in [6.07, 6.45) is 0.322. The molecule has 0 heterocycles. The summed E-state index contributed by atoms with van der Waals surface area (Å²) in [6, 6.07) is 9.52. The number of nitriles is 1. The van der Waals surface area contributed by atoms with Gasteiger partial charge >= 0.3 is 0 Å². The molecule has 3 heteroatoms. The molecule has 0 bridgehead atoms. The summed E-state index contributed by atoms with van der Waals surface area (Å²) in [6.45, 7) is 1.62. The second-order valence-electron chi connectivity index (χ2n) is 3.57. The van der Waals surface area contributed by atoms with Gasteiger partial charge in [-0.3, -0.25) is 0 Å². The number of hydrogen-bond acceptors (Lipinski definition) is 3. The lowest BCUT2D eigenvalue weighted by atomic mass is 9.89. The molecule has 3 N–H and O–H groups in total. The average molecular weight is 190 g/mol. The van der Waals surface area contributed by atoms with Crippen LogP contribution in [0.2, 0.25) is 0 Å². The third-order valence-electron chi connectivity index (χ3n) is 2.23. The van der Waals surface area contributed by atoms with Crippen molar-refractivity contribution < 1.29 is 5.11 Å². The summed E-state index contributed by atoms with van der Waals surface area (Å²) < 4.78 is 0. The molecular formula is C11H14N2O. The molecule has 1 aromatic carbocycles. The quantitative estimate of drug-likeness (QED) is 0.744. The van der Waals surface area contributed by atoms with E-state index in [9.17, 15) is 0 Å². The maximum atomic E-state index is 9.13. The van der Waals surface area contributed by atoms with E-state index in [4.69, 9.17) is 16.1 Å². The molecule has 14 heavy (non-hydrogen) atoms. The lowest BCUT2D eigenvalue weighted by Gasteiger charge is -2.24. The van der Waals surface area contributed by atoms with Crippen LogP contribution in [0.5, 0.6) is 0 Å². The van der Waals surface area contributed by atoms with Gasteiger partial charge in [-0.15, -0.1) is 0 Å². The van der Waals surface area contributed by atoms with Crippen molar-refractivity contribution in [3.05, 3.63) is 35.4 Å². The normalized spacial score (nSPS) is 14.4. The fraction of sp³-hybridized carbons (Fsp3) is 0.364. The summed E-state index contributed by atoms with van der Waals surface area (Å²) >= 11 is 0. The number of nitrogens with zero attached hydrogens (tertiary/aromatic N) is 1. The van der Waals surface area contributed by atoms with Crippen molar-refractivity contribution in [2.45, 2.75) is 18.9 Å². The fourth-order valence-electron chi connectivity index (χ4n) is 1.40. The summed E-state index contributed by atoms with van der Waals surface area (Å²) in [7, 11) is 0. The van der Waals surface area contributed by atoms with Gasteiger partial charge in [-0.05, 0) is 18.1 Å². The molecule has 0 spiro atoms. The van der Waals surface area contributed by atoms with E-state index in [0.29, 0.717) is 6.42 Å². The first-order chi connectivity index (χ1) is 6.61. The summed E-state index contributed by atoms with van der Waals surface area (Å²) in [5, 5.41) is 17.8. The maximum Gasteiger partial charge on any atom is 0.0669 e. The van der Waals surface area contributed by atoms with E-state index in [1.807, 2.05) is 24.3 Å². The Morgan fingerprint density at radius 3 is 2.71 bits per heavy atom. The molecule has 74 valence electrons. The lowest BCUT2D eigenvalue weighted by molar-refractivity contribution is 0.209. The maximum absolute atomic E-state index is 9.13. The van der Waals surface area contributed by atoms with Crippen molar-refractivity contribution in [1.82, 2.24) is 0 Å². The van der Waals surface area contributed by atoms with E-state index in [1.54, 1.807) is 6.92 Å². The minimum atomic E-state index is -0.770. The Labute approximate surface area is 83.8 Å². The largest absolute Gasteiger partial charge is 0.394 e. The van der Waals surface area contributed by atoms with Crippen molar-refractivity contribution in [3.63, 3.8) is 0 Å². The summed E-state index contributed by atoms with van der Waals surface area (Å²) in [5.41, 5.74) is 6.86. The fourth-order valence-corrected chi connectivity index (χ4v) is 1.40. The Hall–Kier alpha value is -1.37. The molecule has 0 fully saturated rings. The first kappa shape index (κ1) is 10.7. The number of aliphatic hydroxyl groups excluding tert-OH is 1. The molecule has 0 aromatic heterocycles. The predicted molar refractivity (Wildman–Crippen MR) is 54.4 cm³/mol. The Morgan fingerprint density at radius 2 is 2.14 bits per heavy atom. The smallest absolute Gasteiger partial charge is 0.0669 e. The highest BCUT2D eigenvalue weighted by atomic mass is 16.3. The third kappa shape index (κ3) is 2.11. The van der Waals surface area contributed by atoms with Gasteiger partial charge in [-0.25, -0.2) is 0 Å². The van der Waals surface area contributed by atoms with Gasteiger partial charge in [-0.1, -0.05) is 24.3 Å². The summed E-state index contributed by atoms with van der Waals surface area (Å²) in [4.78, 5) is 0. The van der Waals surface area contributed by atoms with Gasteiger partial charge in [0, 0.05) is 0 Å². The molecule has 0 saturated heterocycles. The van der Waals surface area contributed by atoms with E-state index in [-0.39, 0.29) is 6.61 Å². The first-order valence-corrected chi connectivity index (χ1v) is 4.47. The van der Waals surface area contributed by atoms with Gasteiger partial charge in [0.2, 0.25) is 0 Å². The molecular weight excluding hydrogens is 176 g/mol. The minimum absolute atomic E-state index is 0.130. The van der Waals surface area contributed by atoms with Crippen LogP contribution in [-0.4, -0.2) is 11.7 Å². The zero-order valence-electron chi connectivity index (χ0n) is 8.20. The molecule has 0 saturated carbocycles. The van der Waals surface area contributed by atoms with Crippen LogP contribution in [-0.2, 0) is 12.0 Å². The molecule has 0 aliphatic heterocycles. The number of nitrogens with two attached hydrogens (primary N) is 1. The van der Waals surface area contributed by atoms with Crippen LogP contribution < -0.4 is 5.73 Å². The van der Waals surface area contributed by atoms with Crippen molar-refractivity contribution in [3.8, 4) is 6.07 Å². The molecule has 0 aliphatic rings. The third-order valence-corrected chi connectivity index (χ3v) is 2.23.